The van der Waals surface area contributed by atoms with Crippen molar-refractivity contribution < 1.29 is 13.2 Å². The molecule has 0 aromatic heterocycles. The highest BCUT2D eigenvalue weighted by Gasteiger charge is 2.10. The Morgan fingerprint density at radius 2 is 1.94 bits per heavy atom. The number of sulfone groups is 1. The van der Waals surface area contributed by atoms with Gasteiger partial charge in [0, 0.05) is 23.6 Å². The SMILES string of the molecule is CCS(=O)(=O)CCCC(=O)Cc1ccccc1Cl. The van der Waals surface area contributed by atoms with Crippen molar-refractivity contribution in [3.8, 4) is 0 Å². The number of ketones is 1. The first-order valence-corrected chi connectivity index (χ1v) is 8.10. The van der Waals surface area contributed by atoms with Crippen molar-refractivity contribution in [1.82, 2.24) is 0 Å². The average Bonchev–Trinajstić information content (AvgIpc) is 2.32. The van der Waals surface area contributed by atoms with Gasteiger partial charge in [0.2, 0.25) is 0 Å². The zero-order valence-corrected chi connectivity index (χ0v) is 11.9. The quantitative estimate of drug-likeness (QED) is 0.775. The van der Waals surface area contributed by atoms with E-state index in [9.17, 15) is 13.2 Å². The molecule has 0 aliphatic heterocycles. The summed E-state index contributed by atoms with van der Waals surface area (Å²) in [5.41, 5.74) is 0.794. The number of carbonyl (C=O) groups excluding carboxylic acids is 1. The molecule has 0 spiro atoms. The first-order valence-electron chi connectivity index (χ1n) is 5.90. The monoisotopic (exact) mass is 288 g/mol. The smallest absolute Gasteiger partial charge is 0.150 e. The molecule has 0 N–H and O–H groups in total. The van der Waals surface area contributed by atoms with Crippen LogP contribution in [0.4, 0.5) is 0 Å². The summed E-state index contributed by atoms with van der Waals surface area (Å²) in [6.45, 7) is 1.61. The molecule has 0 amide bonds. The number of carbonyl (C=O) groups is 1. The number of halogens is 1. The molecule has 3 nitrogen and oxygen atoms in total. The van der Waals surface area contributed by atoms with Crippen LogP contribution in [0.25, 0.3) is 0 Å². The van der Waals surface area contributed by atoms with Crippen LogP contribution < -0.4 is 0 Å². The molecule has 0 saturated heterocycles. The highest BCUT2D eigenvalue weighted by Crippen LogP contribution is 2.16. The van der Waals surface area contributed by atoms with Gasteiger partial charge < -0.3 is 0 Å². The average molecular weight is 289 g/mol. The Bertz CT molecular complexity index is 509. The summed E-state index contributed by atoms with van der Waals surface area (Å²) >= 11 is 5.95. The maximum Gasteiger partial charge on any atom is 0.150 e. The zero-order chi connectivity index (χ0) is 13.6. The predicted octanol–water partition coefficient (Wildman–Crippen LogP) is 2.67. The maximum atomic E-state index is 11.7. The molecule has 0 bridgehead atoms. The first kappa shape index (κ1) is 15.2. The van der Waals surface area contributed by atoms with Gasteiger partial charge in [-0.15, -0.1) is 0 Å². The Hall–Kier alpha value is -0.870. The Morgan fingerprint density at radius 1 is 1.28 bits per heavy atom. The van der Waals surface area contributed by atoms with Crippen molar-refractivity contribution in [2.24, 2.45) is 0 Å². The van der Waals surface area contributed by atoms with E-state index in [2.05, 4.69) is 0 Å². The fraction of sp³-hybridized carbons (Fsp3) is 0.462. The van der Waals surface area contributed by atoms with Gasteiger partial charge in [0.1, 0.15) is 15.6 Å². The van der Waals surface area contributed by atoms with E-state index in [-0.39, 0.29) is 30.1 Å². The zero-order valence-electron chi connectivity index (χ0n) is 10.4. The minimum Gasteiger partial charge on any atom is -0.299 e. The molecule has 1 aromatic rings. The van der Waals surface area contributed by atoms with E-state index in [4.69, 9.17) is 11.6 Å². The van der Waals surface area contributed by atoms with E-state index in [0.29, 0.717) is 11.4 Å². The highest BCUT2D eigenvalue weighted by atomic mass is 35.5. The largest absolute Gasteiger partial charge is 0.299 e. The minimum atomic E-state index is -2.97. The second kappa shape index (κ2) is 6.90. The number of hydrogen-bond donors (Lipinski definition) is 0. The van der Waals surface area contributed by atoms with Crippen LogP contribution in [0, 0.1) is 0 Å². The lowest BCUT2D eigenvalue weighted by Crippen LogP contribution is -2.11. The number of rotatable bonds is 7. The molecule has 18 heavy (non-hydrogen) atoms. The van der Waals surface area contributed by atoms with Gasteiger partial charge in [-0.05, 0) is 18.1 Å². The van der Waals surface area contributed by atoms with E-state index >= 15 is 0 Å². The summed E-state index contributed by atoms with van der Waals surface area (Å²) in [5.74, 6) is 0.234. The van der Waals surface area contributed by atoms with Gasteiger partial charge in [-0.25, -0.2) is 8.42 Å². The second-order valence-corrected chi connectivity index (χ2v) is 7.03. The third-order valence-corrected chi connectivity index (χ3v) is 4.86. The number of Topliss-reactive ketones (excluding diaryl/α,β-unsaturated/α-hetero) is 1. The van der Waals surface area contributed by atoms with Crippen molar-refractivity contribution in [2.45, 2.75) is 26.2 Å². The molecule has 0 atom stereocenters. The molecule has 5 heteroatoms. The molecule has 100 valence electrons. The molecule has 0 unspecified atom stereocenters. The molecule has 1 rings (SSSR count). The third kappa shape index (κ3) is 5.19. The van der Waals surface area contributed by atoms with Gasteiger partial charge in [-0.3, -0.25) is 4.79 Å². The predicted molar refractivity (Wildman–Crippen MR) is 73.7 cm³/mol. The Morgan fingerprint density at radius 3 is 2.56 bits per heavy atom. The van der Waals surface area contributed by atoms with E-state index in [1.54, 1.807) is 13.0 Å². The second-order valence-electron chi connectivity index (χ2n) is 4.15. The summed E-state index contributed by atoms with van der Waals surface area (Å²) in [6, 6.07) is 7.19. The van der Waals surface area contributed by atoms with Gasteiger partial charge >= 0.3 is 0 Å². The van der Waals surface area contributed by atoms with Gasteiger partial charge in [-0.2, -0.15) is 0 Å². The third-order valence-electron chi connectivity index (χ3n) is 2.70. The molecule has 0 fully saturated rings. The van der Waals surface area contributed by atoms with Crippen molar-refractivity contribution in [3.63, 3.8) is 0 Å². The van der Waals surface area contributed by atoms with Gasteiger partial charge in [0.25, 0.3) is 0 Å². The van der Waals surface area contributed by atoms with Gasteiger partial charge in [0.15, 0.2) is 0 Å². The van der Waals surface area contributed by atoms with Crippen LogP contribution in [0.1, 0.15) is 25.3 Å². The van der Waals surface area contributed by atoms with E-state index in [0.717, 1.165) is 5.56 Å². The molecule has 0 radical (unpaired) electrons. The summed E-state index contributed by atoms with van der Waals surface area (Å²) in [7, 11) is -2.97. The molecule has 0 aliphatic carbocycles. The summed E-state index contributed by atoms with van der Waals surface area (Å²) in [4.78, 5) is 11.7. The molecule has 1 aromatic carbocycles. The molecule has 0 aliphatic rings. The van der Waals surface area contributed by atoms with Gasteiger partial charge in [0.05, 0.1) is 5.75 Å². The summed E-state index contributed by atoms with van der Waals surface area (Å²) < 4.78 is 22.5. The van der Waals surface area contributed by atoms with Crippen LogP contribution in [-0.2, 0) is 21.1 Å². The lowest BCUT2D eigenvalue weighted by atomic mass is 10.1. The van der Waals surface area contributed by atoms with Crippen LogP contribution >= 0.6 is 11.6 Å². The molecular formula is C13H17ClO3S. The van der Waals surface area contributed by atoms with Gasteiger partial charge in [-0.1, -0.05) is 36.7 Å². The lowest BCUT2D eigenvalue weighted by Gasteiger charge is -2.04. The number of hydrogen-bond acceptors (Lipinski definition) is 3. The fourth-order valence-electron chi connectivity index (χ4n) is 1.58. The van der Waals surface area contributed by atoms with E-state index < -0.39 is 9.84 Å². The van der Waals surface area contributed by atoms with Crippen molar-refractivity contribution in [2.75, 3.05) is 11.5 Å². The van der Waals surface area contributed by atoms with Crippen LogP contribution in [0.15, 0.2) is 24.3 Å². The van der Waals surface area contributed by atoms with Crippen molar-refractivity contribution in [1.29, 1.82) is 0 Å². The summed E-state index contributed by atoms with van der Waals surface area (Å²) in [6.07, 6.45) is 0.940. The Balaban J connectivity index is 2.42. The molecule has 0 saturated carbocycles. The molecular weight excluding hydrogens is 272 g/mol. The van der Waals surface area contributed by atoms with Crippen LogP contribution in [0.5, 0.6) is 0 Å². The van der Waals surface area contributed by atoms with Crippen LogP contribution in [0.3, 0.4) is 0 Å². The van der Waals surface area contributed by atoms with Crippen LogP contribution in [0.2, 0.25) is 5.02 Å². The highest BCUT2D eigenvalue weighted by molar-refractivity contribution is 7.91. The summed E-state index contributed by atoms with van der Waals surface area (Å²) in [5, 5.41) is 0.576. The topological polar surface area (TPSA) is 51.2 Å². The molecule has 0 heterocycles. The number of benzene rings is 1. The standard InChI is InChI=1S/C13H17ClO3S/c1-2-18(16,17)9-5-7-12(15)10-11-6-3-4-8-13(11)14/h3-4,6,8H,2,5,7,9-10H2,1H3. The minimum absolute atomic E-state index is 0.0226. The normalized spacial score (nSPS) is 11.4. The van der Waals surface area contributed by atoms with Crippen LogP contribution in [-0.4, -0.2) is 25.7 Å². The van der Waals surface area contributed by atoms with E-state index in [1.165, 1.54) is 0 Å². The van der Waals surface area contributed by atoms with Crippen molar-refractivity contribution in [3.05, 3.63) is 34.9 Å². The first-order chi connectivity index (χ1) is 8.44. The Labute approximate surface area is 113 Å². The Kier molecular flexibility index (Phi) is 5.82. The van der Waals surface area contributed by atoms with Crippen molar-refractivity contribution >= 4 is 27.2 Å². The van der Waals surface area contributed by atoms with E-state index in [1.807, 2.05) is 18.2 Å². The maximum absolute atomic E-state index is 11.7. The lowest BCUT2D eigenvalue weighted by molar-refractivity contribution is -0.118. The fourth-order valence-corrected chi connectivity index (χ4v) is 2.65.